The fourth-order valence-corrected chi connectivity index (χ4v) is 2.33. The number of amides is 1. The molecular formula is C17H21N3O2. The summed E-state index contributed by atoms with van der Waals surface area (Å²) in [6, 6.07) is 11.3. The lowest BCUT2D eigenvalue weighted by atomic mass is 9.97. The summed E-state index contributed by atoms with van der Waals surface area (Å²) < 4.78 is 5.34. The number of methoxy groups -OCH3 is 1. The van der Waals surface area contributed by atoms with E-state index in [1.165, 1.54) is 0 Å². The number of anilines is 2. The fourth-order valence-electron chi connectivity index (χ4n) is 2.33. The number of nitrogen functional groups attached to an aromatic ring is 1. The lowest BCUT2D eigenvalue weighted by Crippen LogP contribution is -2.16. The van der Waals surface area contributed by atoms with Crippen LogP contribution in [0.5, 0.6) is 5.75 Å². The lowest BCUT2D eigenvalue weighted by Gasteiger charge is -2.14. The Hall–Kier alpha value is -2.56. The van der Waals surface area contributed by atoms with Crippen molar-refractivity contribution < 1.29 is 9.53 Å². The zero-order valence-electron chi connectivity index (χ0n) is 12.9. The number of hydrogen-bond donors (Lipinski definition) is 2. The molecule has 0 saturated carbocycles. The van der Waals surface area contributed by atoms with Crippen LogP contribution in [0.25, 0.3) is 0 Å². The van der Waals surface area contributed by atoms with Gasteiger partial charge in [-0.1, -0.05) is 25.1 Å². The third-order valence-corrected chi connectivity index (χ3v) is 3.36. The van der Waals surface area contributed by atoms with Gasteiger partial charge in [0, 0.05) is 6.42 Å². The number of rotatable bonds is 6. The summed E-state index contributed by atoms with van der Waals surface area (Å²) >= 11 is 0. The van der Waals surface area contributed by atoms with Crippen LogP contribution in [0.15, 0.2) is 42.6 Å². The molecule has 5 heteroatoms. The third kappa shape index (κ3) is 4.48. The molecule has 1 aromatic heterocycles. The van der Waals surface area contributed by atoms with Crippen molar-refractivity contribution in [2.45, 2.75) is 19.8 Å². The summed E-state index contributed by atoms with van der Waals surface area (Å²) in [6.45, 7) is 2.05. The quantitative estimate of drug-likeness (QED) is 0.860. The zero-order chi connectivity index (χ0) is 15.9. The van der Waals surface area contributed by atoms with E-state index in [1.807, 2.05) is 31.2 Å². The molecule has 22 heavy (non-hydrogen) atoms. The number of para-hydroxylation sites is 1. The first-order valence-electron chi connectivity index (χ1n) is 7.21. The number of carbonyl (C=O) groups is 1. The minimum absolute atomic E-state index is 0.0334. The van der Waals surface area contributed by atoms with Crippen molar-refractivity contribution in [1.29, 1.82) is 0 Å². The molecule has 1 atom stereocenters. The van der Waals surface area contributed by atoms with Crippen molar-refractivity contribution in [3.05, 3.63) is 48.2 Å². The van der Waals surface area contributed by atoms with Crippen molar-refractivity contribution in [3.8, 4) is 5.75 Å². The second-order valence-corrected chi connectivity index (χ2v) is 5.35. The van der Waals surface area contributed by atoms with E-state index in [0.717, 1.165) is 17.7 Å². The normalized spacial score (nSPS) is 11.7. The number of nitrogens with two attached hydrogens (primary N) is 1. The summed E-state index contributed by atoms with van der Waals surface area (Å²) in [5, 5.41) is 2.83. The van der Waals surface area contributed by atoms with E-state index in [-0.39, 0.29) is 11.8 Å². The van der Waals surface area contributed by atoms with Crippen molar-refractivity contribution in [2.75, 3.05) is 18.2 Å². The maximum atomic E-state index is 12.1. The maximum Gasteiger partial charge on any atom is 0.224 e. The Kier molecular flexibility index (Phi) is 5.36. The second kappa shape index (κ2) is 7.45. The van der Waals surface area contributed by atoms with Crippen LogP contribution >= 0.6 is 0 Å². The molecule has 0 aliphatic rings. The Labute approximate surface area is 130 Å². The van der Waals surface area contributed by atoms with Gasteiger partial charge in [0.1, 0.15) is 11.6 Å². The number of benzene rings is 1. The summed E-state index contributed by atoms with van der Waals surface area (Å²) in [4.78, 5) is 16.0. The number of pyridine rings is 1. The summed E-state index contributed by atoms with van der Waals surface area (Å²) in [5.74, 6) is 1.46. The van der Waals surface area contributed by atoms with E-state index in [2.05, 4.69) is 10.3 Å². The van der Waals surface area contributed by atoms with Gasteiger partial charge in [-0.2, -0.15) is 0 Å². The molecule has 2 aromatic rings. The molecule has 1 heterocycles. The van der Waals surface area contributed by atoms with Gasteiger partial charge in [-0.3, -0.25) is 4.79 Å². The van der Waals surface area contributed by atoms with Crippen molar-refractivity contribution >= 4 is 17.4 Å². The van der Waals surface area contributed by atoms with E-state index in [9.17, 15) is 4.79 Å². The van der Waals surface area contributed by atoms with Gasteiger partial charge in [0.15, 0.2) is 0 Å². The van der Waals surface area contributed by atoms with Gasteiger partial charge >= 0.3 is 0 Å². The number of nitrogens with one attached hydrogen (secondary N) is 1. The number of hydrogen-bond acceptors (Lipinski definition) is 4. The van der Waals surface area contributed by atoms with Gasteiger partial charge in [0.05, 0.1) is 19.0 Å². The molecule has 5 nitrogen and oxygen atoms in total. The van der Waals surface area contributed by atoms with Gasteiger partial charge in [-0.25, -0.2) is 4.98 Å². The Morgan fingerprint density at radius 3 is 2.77 bits per heavy atom. The standard InChI is InChI=1S/C17H21N3O2/c1-12(9-13-5-3-4-6-15(13)22-2)10-17(21)20-14-7-8-16(18)19-11-14/h3-8,11-12H,9-10H2,1-2H3,(H2,18,19)(H,20,21). The van der Waals surface area contributed by atoms with Crippen LogP contribution < -0.4 is 15.8 Å². The number of carbonyl (C=O) groups excluding carboxylic acids is 1. The fraction of sp³-hybridized carbons (Fsp3) is 0.294. The molecular weight excluding hydrogens is 278 g/mol. The lowest BCUT2D eigenvalue weighted by molar-refractivity contribution is -0.116. The highest BCUT2D eigenvalue weighted by atomic mass is 16.5. The number of nitrogens with zero attached hydrogens (tertiary/aromatic N) is 1. The number of ether oxygens (including phenoxy) is 1. The van der Waals surface area contributed by atoms with Crippen LogP contribution in [0.3, 0.4) is 0 Å². The van der Waals surface area contributed by atoms with Gasteiger partial charge in [0.25, 0.3) is 0 Å². The van der Waals surface area contributed by atoms with Crippen LogP contribution in [0.4, 0.5) is 11.5 Å². The summed E-state index contributed by atoms with van der Waals surface area (Å²) in [6.07, 6.45) is 2.78. The topological polar surface area (TPSA) is 77.2 Å². The van der Waals surface area contributed by atoms with Gasteiger partial charge in [-0.05, 0) is 36.1 Å². The van der Waals surface area contributed by atoms with E-state index >= 15 is 0 Å². The zero-order valence-corrected chi connectivity index (χ0v) is 12.9. The van der Waals surface area contributed by atoms with Crippen LogP contribution in [0.1, 0.15) is 18.9 Å². The third-order valence-electron chi connectivity index (χ3n) is 3.36. The summed E-state index contributed by atoms with van der Waals surface area (Å²) in [7, 11) is 1.66. The van der Waals surface area contributed by atoms with Gasteiger partial charge in [-0.15, -0.1) is 0 Å². The van der Waals surface area contributed by atoms with Crippen molar-refractivity contribution in [3.63, 3.8) is 0 Å². The average molecular weight is 299 g/mol. The van der Waals surface area contributed by atoms with Gasteiger partial charge in [0.2, 0.25) is 5.91 Å². The maximum absolute atomic E-state index is 12.1. The second-order valence-electron chi connectivity index (χ2n) is 5.35. The molecule has 2 rings (SSSR count). The molecule has 1 unspecified atom stereocenters. The highest BCUT2D eigenvalue weighted by molar-refractivity contribution is 5.90. The first kappa shape index (κ1) is 15.8. The molecule has 0 fully saturated rings. The van der Waals surface area contributed by atoms with Crippen molar-refractivity contribution in [2.24, 2.45) is 5.92 Å². The van der Waals surface area contributed by atoms with E-state index in [1.54, 1.807) is 25.4 Å². The van der Waals surface area contributed by atoms with Crippen LogP contribution in [0, 0.1) is 5.92 Å². The summed E-state index contributed by atoms with van der Waals surface area (Å²) in [5.41, 5.74) is 7.28. The van der Waals surface area contributed by atoms with Gasteiger partial charge < -0.3 is 15.8 Å². The average Bonchev–Trinajstić information content (AvgIpc) is 2.50. The molecule has 1 aromatic carbocycles. The first-order chi connectivity index (χ1) is 10.6. The van der Waals surface area contributed by atoms with E-state index in [4.69, 9.17) is 10.5 Å². The minimum atomic E-state index is -0.0334. The van der Waals surface area contributed by atoms with E-state index < -0.39 is 0 Å². The molecule has 0 saturated heterocycles. The Morgan fingerprint density at radius 1 is 1.32 bits per heavy atom. The Bertz CT molecular complexity index is 626. The molecule has 0 bridgehead atoms. The Morgan fingerprint density at radius 2 is 2.09 bits per heavy atom. The number of aromatic nitrogens is 1. The van der Waals surface area contributed by atoms with Crippen molar-refractivity contribution in [1.82, 2.24) is 4.98 Å². The highest BCUT2D eigenvalue weighted by Gasteiger charge is 2.12. The SMILES string of the molecule is COc1ccccc1CC(C)CC(=O)Nc1ccc(N)nc1. The van der Waals surface area contributed by atoms with Crippen LogP contribution in [0.2, 0.25) is 0 Å². The molecule has 0 aliphatic carbocycles. The molecule has 0 radical (unpaired) electrons. The highest BCUT2D eigenvalue weighted by Crippen LogP contribution is 2.22. The molecule has 3 N–H and O–H groups in total. The molecule has 1 amide bonds. The predicted molar refractivity (Wildman–Crippen MR) is 87.8 cm³/mol. The smallest absolute Gasteiger partial charge is 0.224 e. The predicted octanol–water partition coefficient (Wildman–Crippen LogP) is 2.88. The van der Waals surface area contributed by atoms with Crippen LogP contribution in [-0.4, -0.2) is 18.0 Å². The first-order valence-corrected chi connectivity index (χ1v) is 7.21. The van der Waals surface area contributed by atoms with E-state index in [0.29, 0.717) is 17.9 Å². The monoisotopic (exact) mass is 299 g/mol. The minimum Gasteiger partial charge on any atom is -0.496 e. The molecule has 0 aliphatic heterocycles. The van der Waals surface area contributed by atoms with Crippen LogP contribution in [-0.2, 0) is 11.2 Å². The molecule has 116 valence electrons. The molecule has 0 spiro atoms. The Balaban J connectivity index is 1.89. The largest absolute Gasteiger partial charge is 0.496 e.